The van der Waals surface area contributed by atoms with Gasteiger partial charge in [0.2, 0.25) is 5.82 Å². The van der Waals surface area contributed by atoms with Crippen molar-refractivity contribution in [2.75, 3.05) is 11.1 Å². The van der Waals surface area contributed by atoms with Crippen LogP contribution in [0.2, 0.25) is 0 Å². The molecule has 82 valence electrons. The minimum absolute atomic E-state index is 0.0920. The Bertz CT molecular complexity index is 503. The smallest absolute Gasteiger partial charge is 0.295 e. The van der Waals surface area contributed by atoms with Crippen molar-refractivity contribution < 1.29 is 4.79 Å². The maximum absolute atomic E-state index is 11.6. The number of nitrogens with zero attached hydrogens (tertiary/aromatic N) is 3. The number of rotatable bonds is 2. The second-order valence-electron chi connectivity index (χ2n) is 3.17. The Balaban J connectivity index is 2.10. The number of carbonyl (C=O) groups excluding carboxylic acids is 1. The van der Waals surface area contributed by atoms with Gasteiger partial charge in [0.15, 0.2) is 0 Å². The zero-order valence-corrected chi connectivity index (χ0v) is 8.56. The van der Waals surface area contributed by atoms with Crippen molar-refractivity contribution in [1.82, 2.24) is 20.2 Å². The molecular formula is C9H10N6O. The summed E-state index contributed by atoms with van der Waals surface area (Å²) in [6, 6.07) is 3.25. The molecule has 2 heterocycles. The fourth-order valence-corrected chi connectivity index (χ4v) is 1.11. The molecule has 0 saturated heterocycles. The molecular weight excluding hydrogens is 208 g/mol. The van der Waals surface area contributed by atoms with Gasteiger partial charge in [-0.1, -0.05) is 0 Å². The first kappa shape index (κ1) is 10.1. The molecule has 7 heteroatoms. The van der Waals surface area contributed by atoms with Gasteiger partial charge in [0.1, 0.15) is 11.6 Å². The van der Waals surface area contributed by atoms with E-state index in [0.717, 1.165) is 0 Å². The summed E-state index contributed by atoms with van der Waals surface area (Å²) in [6.07, 6.45) is 1.47. The Morgan fingerprint density at radius 1 is 1.50 bits per heavy atom. The van der Waals surface area contributed by atoms with Crippen molar-refractivity contribution in [2.45, 2.75) is 6.92 Å². The molecule has 4 N–H and O–H groups in total. The molecule has 0 spiro atoms. The number of nitrogens with two attached hydrogens (primary N) is 1. The van der Waals surface area contributed by atoms with Crippen molar-refractivity contribution in [3.05, 3.63) is 30.0 Å². The SMILES string of the molecule is Cc1nc(C(=O)Nc2ccc(N)nc2)n[nH]1. The number of aromatic nitrogens is 4. The maximum atomic E-state index is 11.6. The van der Waals surface area contributed by atoms with Gasteiger partial charge in [-0.05, 0) is 19.1 Å². The van der Waals surface area contributed by atoms with E-state index < -0.39 is 5.91 Å². The molecule has 16 heavy (non-hydrogen) atoms. The quantitative estimate of drug-likeness (QED) is 0.673. The predicted molar refractivity (Wildman–Crippen MR) is 57.7 cm³/mol. The largest absolute Gasteiger partial charge is 0.384 e. The van der Waals surface area contributed by atoms with Crippen molar-refractivity contribution in [1.29, 1.82) is 0 Å². The molecule has 2 aromatic rings. The van der Waals surface area contributed by atoms with Crippen molar-refractivity contribution in [2.24, 2.45) is 0 Å². The van der Waals surface area contributed by atoms with Gasteiger partial charge >= 0.3 is 0 Å². The molecule has 0 fully saturated rings. The van der Waals surface area contributed by atoms with Gasteiger partial charge in [-0.2, -0.15) is 0 Å². The van der Waals surface area contributed by atoms with Gasteiger partial charge in [0.25, 0.3) is 5.91 Å². The number of anilines is 2. The number of hydrogen-bond donors (Lipinski definition) is 3. The maximum Gasteiger partial charge on any atom is 0.295 e. The molecule has 0 unspecified atom stereocenters. The van der Waals surface area contributed by atoms with Gasteiger partial charge in [-0.25, -0.2) is 9.97 Å². The summed E-state index contributed by atoms with van der Waals surface area (Å²) in [6.45, 7) is 1.72. The molecule has 0 atom stereocenters. The molecule has 2 aromatic heterocycles. The molecule has 0 aliphatic carbocycles. The topological polar surface area (TPSA) is 110 Å². The van der Waals surface area contributed by atoms with Crippen LogP contribution in [0.15, 0.2) is 18.3 Å². The molecule has 0 saturated carbocycles. The van der Waals surface area contributed by atoms with Crippen LogP contribution in [0.1, 0.15) is 16.4 Å². The normalized spacial score (nSPS) is 10.1. The summed E-state index contributed by atoms with van der Waals surface area (Å²) in [7, 11) is 0. The first-order valence-electron chi connectivity index (χ1n) is 4.57. The number of aryl methyl sites for hydroxylation is 1. The minimum atomic E-state index is -0.393. The zero-order valence-electron chi connectivity index (χ0n) is 8.56. The number of pyridine rings is 1. The van der Waals surface area contributed by atoms with Gasteiger partial charge in [-0.3, -0.25) is 9.89 Å². The molecule has 0 radical (unpaired) electrons. The van der Waals surface area contributed by atoms with E-state index in [1.54, 1.807) is 19.1 Å². The molecule has 0 aliphatic rings. The van der Waals surface area contributed by atoms with E-state index in [1.807, 2.05) is 0 Å². The van der Waals surface area contributed by atoms with E-state index in [4.69, 9.17) is 5.73 Å². The second-order valence-corrected chi connectivity index (χ2v) is 3.17. The average Bonchev–Trinajstić information content (AvgIpc) is 2.68. The fourth-order valence-electron chi connectivity index (χ4n) is 1.11. The second kappa shape index (κ2) is 3.97. The van der Waals surface area contributed by atoms with Gasteiger partial charge < -0.3 is 11.1 Å². The average molecular weight is 218 g/mol. The van der Waals surface area contributed by atoms with E-state index in [-0.39, 0.29) is 5.82 Å². The van der Waals surface area contributed by atoms with Crippen LogP contribution in [0.25, 0.3) is 0 Å². The third kappa shape index (κ3) is 2.14. The zero-order chi connectivity index (χ0) is 11.5. The first-order chi connectivity index (χ1) is 7.65. The highest BCUT2D eigenvalue weighted by Gasteiger charge is 2.10. The Morgan fingerprint density at radius 2 is 2.31 bits per heavy atom. The monoisotopic (exact) mass is 218 g/mol. The molecule has 0 aromatic carbocycles. The lowest BCUT2D eigenvalue weighted by atomic mass is 10.4. The third-order valence-corrected chi connectivity index (χ3v) is 1.84. The molecule has 1 amide bonds. The van der Waals surface area contributed by atoms with Crippen LogP contribution >= 0.6 is 0 Å². The number of nitrogen functional groups attached to an aromatic ring is 1. The Kier molecular flexibility index (Phi) is 2.50. The lowest BCUT2D eigenvalue weighted by molar-refractivity contribution is 0.101. The van der Waals surface area contributed by atoms with Crippen molar-refractivity contribution in [3.8, 4) is 0 Å². The van der Waals surface area contributed by atoms with E-state index >= 15 is 0 Å². The highest BCUT2D eigenvalue weighted by molar-refractivity contribution is 6.01. The number of H-pyrrole nitrogens is 1. The van der Waals surface area contributed by atoms with E-state index in [0.29, 0.717) is 17.3 Å². The fraction of sp³-hybridized carbons (Fsp3) is 0.111. The highest BCUT2D eigenvalue weighted by Crippen LogP contribution is 2.07. The van der Waals surface area contributed by atoms with Crippen LogP contribution in [0, 0.1) is 6.92 Å². The Hall–Kier alpha value is -2.44. The number of aromatic amines is 1. The Labute approximate surface area is 91.1 Å². The van der Waals surface area contributed by atoms with Gasteiger partial charge in [0.05, 0.1) is 11.9 Å². The summed E-state index contributed by atoms with van der Waals surface area (Å²) < 4.78 is 0. The lowest BCUT2D eigenvalue weighted by Crippen LogP contribution is -2.14. The van der Waals surface area contributed by atoms with Crippen LogP contribution in [-0.4, -0.2) is 26.1 Å². The van der Waals surface area contributed by atoms with Crippen LogP contribution in [0.4, 0.5) is 11.5 Å². The number of carbonyl (C=O) groups is 1. The van der Waals surface area contributed by atoms with Crippen molar-refractivity contribution >= 4 is 17.4 Å². The minimum Gasteiger partial charge on any atom is -0.384 e. The Morgan fingerprint density at radius 3 is 2.88 bits per heavy atom. The van der Waals surface area contributed by atoms with Gasteiger partial charge in [0, 0.05) is 0 Å². The van der Waals surface area contributed by atoms with Crippen LogP contribution in [0.5, 0.6) is 0 Å². The number of hydrogen-bond acceptors (Lipinski definition) is 5. The third-order valence-electron chi connectivity index (χ3n) is 1.84. The summed E-state index contributed by atoms with van der Waals surface area (Å²) in [5.41, 5.74) is 5.96. The standard InChI is InChI=1S/C9H10N6O/c1-5-12-8(15-14-5)9(16)13-6-2-3-7(10)11-4-6/h2-4H,1H3,(H2,10,11)(H,13,16)(H,12,14,15). The van der Waals surface area contributed by atoms with Crippen LogP contribution in [-0.2, 0) is 0 Å². The summed E-state index contributed by atoms with van der Waals surface area (Å²) in [5.74, 6) is 0.678. The number of amides is 1. The first-order valence-corrected chi connectivity index (χ1v) is 4.57. The van der Waals surface area contributed by atoms with Crippen molar-refractivity contribution in [3.63, 3.8) is 0 Å². The van der Waals surface area contributed by atoms with Gasteiger partial charge in [-0.15, -0.1) is 5.10 Å². The molecule has 0 aliphatic heterocycles. The molecule has 0 bridgehead atoms. The van der Waals surface area contributed by atoms with E-state index in [9.17, 15) is 4.79 Å². The predicted octanol–water partition coefficient (Wildman–Crippen LogP) is 0.343. The van der Waals surface area contributed by atoms with Crippen LogP contribution < -0.4 is 11.1 Å². The van der Waals surface area contributed by atoms with E-state index in [1.165, 1.54) is 6.20 Å². The van der Waals surface area contributed by atoms with E-state index in [2.05, 4.69) is 25.5 Å². The lowest BCUT2D eigenvalue weighted by Gasteiger charge is -2.01. The molecule has 7 nitrogen and oxygen atoms in total. The van der Waals surface area contributed by atoms with Crippen LogP contribution in [0.3, 0.4) is 0 Å². The molecule has 2 rings (SSSR count). The summed E-state index contributed by atoms with van der Waals surface area (Å²) in [5, 5.41) is 8.92. The summed E-state index contributed by atoms with van der Waals surface area (Å²) >= 11 is 0. The number of nitrogens with one attached hydrogen (secondary N) is 2. The summed E-state index contributed by atoms with van der Waals surface area (Å²) in [4.78, 5) is 19.3. The highest BCUT2D eigenvalue weighted by atomic mass is 16.2.